The number of aliphatic hydroxyl groups excluding tert-OH is 1. The van der Waals surface area contributed by atoms with Gasteiger partial charge in [-0.1, -0.05) is 48.5 Å². The molecule has 0 heterocycles. The van der Waals surface area contributed by atoms with E-state index in [-0.39, 0.29) is 12.2 Å². The maximum Gasteiger partial charge on any atom is 0.446 e. The van der Waals surface area contributed by atoms with Crippen LogP contribution >= 0.6 is 0 Å². The molecule has 0 aliphatic carbocycles. The molecule has 3 N–H and O–H groups in total. The van der Waals surface area contributed by atoms with E-state index in [1.807, 2.05) is 18.2 Å². The second-order valence-electron chi connectivity index (χ2n) is 4.37. The molecule has 7 nitrogen and oxygen atoms in total. The highest BCUT2D eigenvalue weighted by molar-refractivity contribution is 7.81. The number of carbonyl (C=O) groups is 1. The molecule has 0 saturated heterocycles. The van der Waals surface area contributed by atoms with Crippen molar-refractivity contribution in [3.8, 4) is 5.75 Å². The Morgan fingerprint density at radius 1 is 1.00 bits per heavy atom. The molecule has 0 spiro atoms. The van der Waals surface area contributed by atoms with Crippen molar-refractivity contribution in [1.82, 2.24) is 0 Å². The molecule has 2 aromatic rings. The summed E-state index contributed by atoms with van der Waals surface area (Å²) >= 11 is 0. The second kappa shape index (κ2) is 8.89. The number of rotatable bonds is 5. The molecule has 2 rings (SSSR count). The lowest BCUT2D eigenvalue weighted by atomic mass is 10.1. The summed E-state index contributed by atoms with van der Waals surface area (Å²) in [6, 6.07) is 16.8. The molecule has 0 aromatic heterocycles. The standard InChI is InChI=1S/C9H10O3.C6H6O4S/c10-8(9(11)12)6-7-4-2-1-3-5-7;7-11(8,9)10-6-4-2-1-3-5-6/h1-5,8,10H,6H2,(H,11,12);1-5H,(H,7,8,9). The van der Waals surface area contributed by atoms with E-state index in [0.717, 1.165) is 5.56 Å². The molecule has 0 aliphatic rings. The molecule has 0 amide bonds. The number of carboxylic acids is 1. The smallest absolute Gasteiger partial charge is 0.446 e. The van der Waals surface area contributed by atoms with Crippen molar-refractivity contribution in [2.45, 2.75) is 12.5 Å². The first-order chi connectivity index (χ1) is 10.8. The quantitative estimate of drug-likeness (QED) is 0.706. The molecular formula is C15H16O7S. The number of para-hydroxylation sites is 1. The Bertz CT molecular complexity index is 699. The first-order valence-corrected chi connectivity index (χ1v) is 7.81. The lowest BCUT2D eigenvalue weighted by Crippen LogP contribution is -2.21. The Labute approximate surface area is 133 Å². The molecule has 2 aromatic carbocycles. The first-order valence-electron chi connectivity index (χ1n) is 6.44. The topological polar surface area (TPSA) is 121 Å². The van der Waals surface area contributed by atoms with Gasteiger partial charge in [-0.05, 0) is 17.7 Å². The number of aliphatic hydroxyl groups is 1. The third-order valence-corrected chi connectivity index (χ3v) is 2.90. The van der Waals surface area contributed by atoms with Gasteiger partial charge in [-0.2, -0.15) is 8.42 Å². The van der Waals surface area contributed by atoms with Crippen molar-refractivity contribution < 1.29 is 32.2 Å². The van der Waals surface area contributed by atoms with Gasteiger partial charge in [0.15, 0.2) is 6.10 Å². The molecule has 0 saturated carbocycles. The molecule has 1 unspecified atom stereocenters. The van der Waals surface area contributed by atoms with Crippen molar-refractivity contribution >= 4 is 16.4 Å². The zero-order chi connectivity index (χ0) is 17.3. The number of hydrogen-bond acceptors (Lipinski definition) is 5. The van der Waals surface area contributed by atoms with Crippen molar-refractivity contribution in [2.75, 3.05) is 0 Å². The Kier molecular flexibility index (Phi) is 7.20. The zero-order valence-corrected chi connectivity index (χ0v) is 12.8. The maximum atomic E-state index is 10.3. The Hall–Kier alpha value is -2.42. The summed E-state index contributed by atoms with van der Waals surface area (Å²) in [6.45, 7) is 0. The van der Waals surface area contributed by atoms with Crippen LogP contribution in [0.25, 0.3) is 0 Å². The maximum absolute atomic E-state index is 10.3. The second-order valence-corrected chi connectivity index (χ2v) is 5.39. The van der Waals surface area contributed by atoms with Gasteiger partial charge in [-0.3, -0.25) is 4.55 Å². The lowest BCUT2D eigenvalue weighted by Gasteiger charge is -2.03. The predicted molar refractivity (Wildman–Crippen MR) is 82.4 cm³/mol. The van der Waals surface area contributed by atoms with Crippen LogP contribution in [0.3, 0.4) is 0 Å². The molecule has 1 atom stereocenters. The fraction of sp³-hybridized carbons (Fsp3) is 0.133. The summed E-state index contributed by atoms with van der Waals surface area (Å²) in [5.74, 6) is -1.09. The normalized spacial score (nSPS) is 11.7. The van der Waals surface area contributed by atoms with E-state index in [2.05, 4.69) is 4.18 Å². The highest BCUT2D eigenvalue weighted by atomic mass is 32.3. The fourth-order valence-electron chi connectivity index (χ4n) is 1.52. The van der Waals surface area contributed by atoms with E-state index < -0.39 is 22.5 Å². The van der Waals surface area contributed by atoms with Gasteiger partial charge >= 0.3 is 16.4 Å². The Morgan fingerprint density at radius 2 is 1.48 bits per heavy atom. The molecule has 23 heavy (non-hydrogen) atoms. The number of benzene rings is 2. The van der Waals surface area contributed by atoms with Crippen molar-refractivity contribution in [3.05, 3.63) is 66.2 Å². The highest BCUT2D eigenvalue weighted by Crippen LogP contribution is 2.09. The minimum absolute atomic E-state index is 0.0926. The van der Waals surface area contributed by atoms with Crippen LogP contribution in [0.4, 0.5) is 0 Å². The van der Waals surface area contributed by atoms with Gasteiger partial charge in [0.2, 0.25) is 0 Å². The van der Waals surface area contributed by atoms with Crippen molar-refractivity contribution in [2.24, 2.45) is 0 Å². The largest absolute Gasteiger partial charge is 0.479 e. The van der Waals surface area contributed by atoms with E-state index >= 15 is 0 Å². The van der Waals surface area contributed by atoms with Crippen LogP contribution in [0, 0.1) is 0 Å². The summed E-state index contributed by atoms with van der Waals surface area (Å²) in [6.07, 6.45) is -1.14. The molecular weight excluding hydrogens is 324 g/mol. The van der Waals surface area contributed by atoms with Gasteiger partial charge < -0.3 is 14.4 Å². The summed E-state index contributed by atoms with van der Waals surface area (Å²) in [4.78, 5) is 10.3. The van der Waals surface area contributed by atoms with E-state index in [0.29, 0.717) is 0 Å². The van der Waals surface area contributed by atoms with E-state index in [1.165, 1.54) is 12.1 Å². The molecule has 0 bridgehead atoms. The van der Waals surface area contributed by atoms with Crippen molar-refractivity contribution in [3.63, 3.8) is 0 Å². The van der Waals surface area contributed by atoms with E-state index in [1.54, 1.807) is 30.3 Å². The summed E-state index contributed by atoms with van der Waals surface area (Å²) in [7, 11) is -4.38. The Balaban J connectivity index is 0.000000231. The molecule has 8 heteroatoms. The van der Waals surface area contributed by atoms with E-state index in [4.69, 9.17) is 14.8 Å². The molecule has 0 fully saturated rings. The number of hydrogen-bond donors (Lipinski definition) is 3. The third-order valence-electron chi connectivity index (χ3n) is 2.50. The van der Waals surface area contributed by atoms with Crippen LogP contribution in [0.5, 0.6) is 5.75 Å². The summed E-state index contributed by atoms with van der Waals surface area (Å²) in [5.41, 5.74) is 0.826. The minimum Gasteiger partial charge on any atom is -0.479 e. The van der Waals surface area contributed by atoms with Crippen LogP contribution in [-0.2, 0) is 21.6 Å². The average molecular weight is 340 g/mol. The van der Waals surface area contributed by atoms with Crippen LogP contribution < -0.4 is 4.18 Å². The summed E-state index contributed by atoms with van der Waals surface area (Å²) < 4.78 is 32.6. The zero-order valence-electron chi connectivity index (χ0n) is 11.9. The van der Waals surface area contributed by atoms with Gasteiger partial charge in [0.25, 0.3) is 0 Å². The first kappa shape index (κ1) is 18.6. The van der Waals surface area contributed by atoms with Gasteiger partial charge in [-0.15, -0.1) is 0 Å². The van der Waals surface area contributed by atoms with Gasteiger partial charge in [0.05, 0.1) is 0 Å². The number of aliphatic carboxylic acids is 1. The minimum atomic E-state index is -4.38. The SMILES string of the molecule is O=C(O)C(O)Cc1ccccc1.O=S(=O)(O)Oc1ccccc1. The number of carboxylic acid groups (broad SMARTS) is 1. The van der Waals surface area contributed by atoms with Crippen LogP contribution in [0.1, 0.15) is 5.56 Å². The average Bonchev–Trinajstić information content (AvgIpc) is 2.48. The van der Waals surface area contributed by atoms with Crippen molar-refractivity contribution in [1.29, 1.82) is 0 Å². The van der Waals surface area contributed by atoms with Crippen LogP contribution in [0.15, 0.2) is 60.7 Å². The molecule has 0 aliphatic heterocycles. The summed E-state index contributed by atoms with van der Waals surface area (Å²) in [5, 5.41) is 17.4. The van der Waals surface area contributed by atoms with E-state index in [9.17, 15) is 13.2 Å². The van der Waals surface area contributed by atoms with Gasteiger partial charge in [-0.25, -0.2) is 4.79 Å². The fourth-order valence-corrected chi connectivity index (χ4v) is 1.88. The predicted octanol–water partition coefficient (Wildman–Crippen LogP) is 1.54. The molecule has 0 radical (unpaired) electrons. The van der Waals surface area contributed by atoms with Gasteiger partial charge in [0, 0.05) is 6.42 Å². The molecule has 124 valence electrons. The lowest BCUT2D eigenvalue weighted by molar-refractivity contribution is -0.146. The van der Waals surface area contributed by atoms with Gasteiger partial charge in [0.1, 0.15) is 5.75 Å². The monoisotopic (exact) mass is 340 g/mol. The Morgan fingerprint density at radius 3 is 1.91 bits per heavy atom. The third kappa shape index (κ3) is 8.57. The van der Waals surface area contributed by atoms with Crippen LogP contribution in [0.2, 0.25) is 0 Å². The highest BCUT2D eigenvalue weighted by Gasteiger charge is 2.12. The van der Waals surface area contributed by atoms with Crippen LogP contribution in [-0.4, -0.2) is 35.3 Å².